The first-order chi connectivity index (χ1) is 7.16. The summed E-state index contributed by atoms with van der Waals surface area (Å²) in [6.45, 7) is 6.73. The fraction of sp³-hybridized carbons (Fsp3) is 0.538. The topological polar surface area (TPSA) is 23.5 Å². The minimum Gasteiger partial charge on any atom is -0.508 e. The van der Waals surface area contributed by atoms with Crippen LogP contribution >= 0.6 is 0 Å². The quantitative estimate of drug-likeness (QED) is 0.759. The van der Waals surface area contributed by atoms with Crippen LogP contribution < -0.4 is 0 Å². The van der Waals surface area contributed by atoms with E-state index in [1.165, 1.54) is 11.1 Å². The lowest BCUT2D eigenvalue weighted by Crippen LogP contribution is -2.32. The average Bonchev–Trinajstić information content (AvgIpc) is 2.39. The highest BCUT2D eigenvalue weighted by molar-refractivity contribution is 5.36. The third kappa shape index (κ3) is 2.32. The molecule has 1 heterocycles. The van der Waals surface area contributed by atoms with Crippen LogP contribution in [0, 0.1) is 0 Å². The Labute approximate surface area is 91.5 Å². The molecule has 1 aliphatic heterocycles. The molecule has 0 spiro atoms. The lowest BCUT2D eigenvalue weighted by molar-refractivity contribution is 0.233. The summed E-state index contributed by atoms with van der Waals surface area (Å²) < 4.78 is 0. The highest BCUT2D eigenvalue weighted by atomic mass is 16.3. The summed E-state index contributed by atoms with van der Waals surface area (Å²) >= 11 is 0. The maximum Gasteiger partial charge on any atom is 0.115 e. The molecule has 0 bridgehead atoms. The SMILES string of the molecule is CC(C)N1CCc2ccc(O)cc2CC1. The van der Waals surface area contributed by atoms with Crippen LogP contribution in [0.3, 0.4) is 0 Å². The second kappa shape index (κ2) is 4.23. The molecule has 0 saturated heterocycles. The zero-order chi connectivity index (χ0) is 10.8. The van der Waals surface area contributed by atoms with Gasteiger partial charge in [0.1, 0.15) is 5.75 Å². The van der Waals surface area contributed by atoms with Gasteiger partial charge in [-0.3, -0.25) is 0 Å². The summed E-state index contributed by atoms with van der Waals surface area (Å²) in [5.74, 6) is 0.395. The number of aromatic hydroxyl groups is 1. The molecule has 15 heavy (non-hydrogen) atoms. The Balaban J connectivity index is 2.18. The smallest absolute Gasteiger partial charge is 0.115 e. The van der Waals surface area contributed by atoms with E-state index in [0.717, 1.165) is 25.9 Å². The molecule has 1 aromatic rings. The van der Waals surface area contributed by atoms with E-state index in [2.05, 4.69) is 24.8 Å². The van der Waals surface area contributed by atoms with Crippen LogP contribution in [0.1, 0.15) is 25.0 Å². The molecule has 1 N–H and O–H groups in total. The summed E-state index contributed by atoms with van der Waals surface area (Å²) in [4.78, 5) is 2.50. The first kappa shape index (κ1) is 10.5. The maximum absolute atomic E-state index is 9.44. The standard InChI is InChI=1S/C13H19NO/c1-10(2)14-7-5-11-3-4-13(15)9-12(11)6-8-14/h3-4,9-10,15H,5-8H2,1-2H3. The highest BCUT2D eigenvalue weighted by Gasteiger charge is 2.15. The molecule has 0 amide bonds. The van der Waals surface area contributed by atoms with Crippen molar-refractivity contribution >= 4 is 0 Å². The van der Waals surface area contributed by atoms with E-state index in [9.17, 15) is 5.11 Å². The van der Waals surface area contributed by atoms with E-state index in [1.54, 1.807) is 6.07 Å². The fourth-order valence-electron chi connectivity index (χ4n) is 2.25. The maximum atomic E-state index is 9.44. The van der Waals surface area contributed by atoms with Gasteiger partial charge in [-0.1, -0.05) is 6.07 Å². The molecule has 2 heteroatoms. The molecule has 2 nitrogen and oxygen atoms in total. The van der Waals surface area contributed by atoms with Crippen molar-refractivity contribution in [3.63, 3.8) is 0 Å². The van der Waals surface area contributed by atoms with E-state index in [-0.39, 0.29) is 0 Å². The van der Waals surface area contributed by atoms with Crippen LogP contribution in [-0.4, -0.2) is 29.1 Å². The molecular weight excluding hydrogens is 186 g/mol. The molecule has 0 saturated carbocycles. The van der Waals surface area contributed by atoms with Crippen molar-refractivity contribution in [1.29, 1.82) is 0 Å². The molecule has 0 fully saturated rings. The van der Waals surface area contributed by atoms with Gasteiger partial charge in [-0.05, 0) is 49.9 Å². The number of hydrogen-bond donors (Lipinski definition) is 1. The number of benzene rings is 1. The molecule has 1 aromatic carbocycles. The summed E-state index contributed by atoms with van der Waals surface area (Å²) in [5.41, 5.74) is 2.72. The first-order valence-corrected chi connectivity index (χ1v) is 5.71. The number of rotatable bonds is 1. The second-order valence-corrected chi connectivity index (χ2v) is 4.58. The number of phenolic OH excluding ortho intramolecular Hbond substituents is 1. The molecule has 2 rings (SSSR count). The van der Waals surface area contributed by atoms with Crippen LogP contribution in [0.2, 0.25) is 0 Å². The fourth-order valence-corrected chi connectivity index (χ4v) is 2.25. The first-order valence-electron chi connectivity index (χ1n) is 5.71. The van der Waals surface area contributed by atoms with Crippen LogP contribution in [0.5, 0.6) is 5.75 Å². The molecule has 82 valence electrons. The van der Waals surface area contributed by atoms with Gasteiger partial charge in [-0.15, -0.1) is 0 Å². The van der Waals surface area contributed by atoms with Gasteiger partial charge >= 0.3 is 0 Å². The zero-order valence-corrected chi connectivity index (χ0v) is 9.53. The summed E-state index contributed by atoms with van der Waals surface area (Å²) in [7, 11) is 0. The zero-order valence-electron chi connectivity index (χ0n) is 9.53. The monoisotopic (exact) mass is 205 g/mol. The van der Waals surface area contributed by atoms with E-state index >= 15 is 0 Å². The number of phenols is 1. The molecule has 0 radical (unpaired) electrons. The summed E-state index contributed by atoms with van der Waals surface area (Å²) in [5, 5.41) is 9.44. The molecule has 0 aromatic heterocycles. The molecule has 0 atom stereocenters. The molecule has 0 aliphatic carbocycles. The van der Waals surface area contributed by atoms with Crippen molar-refractivity contribution in [2.24, 2.45) is 0 Å². The van der Waals surface area contributed by atoms with Gasteiger partial charge in [0.25, 0.3) is 0 Å². The van der Waals surface area contributed by atoms with Gasteiger partial charge in [0.15, 0.2) is 0 Å². The van der Waals surface area contributed by atoms with Gasteiger partial charge in [0.05, 0.1) is 0 Å². The largest absolute Gasteiger partial charge is 0.508 e. The highest BCUT2D eigenvalue weighted by Crippen LogP contribution is 2.21. The van der Waals surface area contributed by atoms with Gasteiger partial charge in [-0.2, -0.15) is 0 Å². The summed E-state index contributed by atoms with van der Waals surface area (Å²) in [6, 6.07) is 6.39. The average molecular weight is 205 g/mol. The van der Waals surface area contributed by atoms with E-state index < -0.39 is 0 Å². The Kier molecular flexibility index (Phi) is 2.96. The van der Waals surface area contributed by atoms with Crippen molar-refractivity contribution in [3.8, 4) is 5.75 Å². The Morgan fingerprint density at radius 2 is 1.80 bits per heavy atom. The normalized spacial score (nSPS) is 17.5. The predicted octanol–water partition coefficient (Wildman–Crippen LogP) is 2.20. The minimum absolute atomic E-state index is 0.395. The second-order valence-electron chi connectivity index (χ2n) is 4.58. The number of fused-ring (bicyclic) bond motifs is 1. The Morgan fingerprint density at radius 3 is 2.47 bits per heavy atom. The number of nitrogens with zero attached hydrogens (tertiary/aromatic N) is 1. The molecular formula is C13H19NO. The van der Waals surface area contributed by atoms with Crippen LogP contribution in [-0.2, 0) is 12.8 Å². The van der Waals surface area contributed by atoms with Crippen molar-refractivity contribution in [1.82, 2.24) is 4.90 Å². The van der Waals surface area contributed by atoms with Crippen molar-refractivity contribution < 1.29 is 5.11 Å². The third-order valence-electron chi connectivity index (χ3n) is 3.26. The Hall–Kier alpha value is -1.02. The van der Waals surface area contributed by atoms with Gasteiger partial charge in [0.2, 0.25) is 0 Å². The van der Waals surface area contributed by atoms with Crippen LogP contribution in [0.25, 0.3) is 0 Å². The summed E-state index contributed by atoms with van der Waals surface area (Å²) in [6.07, 6.45) is 2.16. The number of hydrogen-bond acceptors (Lipinski definition) is 2. The van der Waals surface area contributed by atoms with E-state index in [4.69, 9.17) is 0 Å². The van der Waals surface area contributed by atoms with Gasteiger partial charge < -0.3 is 10.0 Å². The van der Waals surface area contributed by atoms with Gasteiger partial charge in [0, 0.05) is 19.1 Å². The predicted molar refractivity (Wildman–Crippen MR) is 62.2 cm³/mol. The van der Waals surface area contributed by atoms with Crippen molar-refractivity contribution in [3.05, 3.63) is 29.3 Å². The lowest BCUT2D eigenvalue weighted by atomic mass is 10.0. The Bertz CT molecular complexity index is 346. The van der Waals surface area contributed by atoms with Crippen LogP contribution in [0.15, 0.2) is 18.2 Å². The van der Waals surface area contributed by atoms with Gasteiger partial charge in [-0.25, -0.2) is 0 Å². The minimum atomic E-state index is 0.395. The molecule has 1 aliphatic rings. The van der Waals surface area contributed by atoms with E-state index in [1.807, 2.05) is 6.07 Å². The van der Waals surface area contributed by atoms with Crippen molar-refractivity contribution in [2.45, 2.75) is 32.7 Å². The third-order valence-corrected chi connectivity index (χ3v) is 3.26. The molecule has 0 unspecified atom stereocenters. The van der Waals surface area contributed by atoms with E-state index in [0.29, 0.717) is 11.8 Å². The van der Waals surface area contributed by atoms with Crippen LogP contribution in [0.4, 0.5) is 0 Å². The lowest BCUT2D eigenvalue weighted by Gasteiger charge is -2.23. The van der Waals surface area contributed by atoms with Crippen molar-refractivity contribution in [2.75, 3.05) is 13.1 Å². The Morgan fingerprint density at radius 1 is 1.13 bits per heavy atom.